The molecule has 0 bridgehead atoms. The average molecular weight is 290 g/mol. The van der Waals surface area contributed by atoms with Gasteiger partial charge in [0.1, 0.15) is 0 Å². The molecule has 0 saturated carbocycles. The Labute approximate surface area is 130 Å². The fourth-order valence-electron chi connectivity index (χ4n) is 3.11. The maximum Gasteiger partial charge on any atom is 0.253 e. The lowest BCUT2D eigenvalue weighted by Crippen LogP contribution is -2.28. The van der Waals surface area contributed by atoms with E-state index in [0.29, 0.717) is 17.0 Å². The van der Waals surface area contributed by atoms with Crippen LogP contribution in [0.4, 0.5) is 0 Å². The molecule has 1 aliphatic rings. The van der Waals surface area contributed by atoms with Crippen LogP contribution in [-0.4, -0.2) is 23.9 Å². The second kappa shape index (κ2) is 6.03. The standard InChI is InChI=1S/C19H18N2O/c1-14-4-2-3-5-18(14)17-10-11-21(13-17)19(22)16-8-6-15(12-20)7-9-16/h2-9,17H,10-11,13H2,1H3. The van der Waals surface area contributed by atoms with Gasteiger partial charge in [0.05, 0.1) is 11.6 Å². The highest BCUT2D eigenvalue weighted by Gasteiger charge is 2.28. The van der Waals surface area contributed by atoms with Gasteiger partial charge in [-0.2, -0.15) is 5.26 Å². The SMILES string of the molecule is Cc1ccccc1C1CCN(C(=O)c2ccc(C#N)cc2)C1. The maximum atomic E-state index is 12.6. The van der Waals surface area contributed by atoms with Crippen LogP contribution in [0.5, 0.6) is 0 Å². The number of likely N-dealkylation sites (tertiary alicyclic amines) is 1. The molecule has 0 spiro atoms. The van der Waals surface area contributed by atoms with Gasteiger partial charge in [-0.3, -0.25) is 4.79 Å². The van der Waals surface area contributed by atoms with E-state index in [-0.39, 0.29) is 5.91 Å². The summed E-state index contributed by atoms with van der Waals surface area (Å²) in [4.78, 5) is 14.5. The molecule has 110 valence electrons. The van der Waals surface area contributed by atoms with Crippen molar-refractivity contribution < 1.29 is 4.79 Å². The van der Waals surface area contributed by atoms with Crippen molar-refractivity contribution in [3.05, 3.63) is 70.8 Å². The molecule has 0 N–H and O–H groups in total. The van der Waals surface area contributed by atoms with Crippen molar-refractivity contribution in [2.75, 3.05) is 13.1 Å². The number of carbonyl (C=O) groups excluding carboxylic acids is 1. The smallest absolute Gasteiger partial charge is 0.253 e. The zero-order valence-corrected chi connectivity index (χ0v) is 12.6. The molecule has 1 saturated heterocycles. The van der Waals surface area contributed by atoms with E-state index >= 15 is 0 Å². The first-order valence-electron chi connectivity index (χ1n) is 7.54. The van der Waals surface area contributed by atoms with Gasteiger partial charge in [0.15, 0.2) is 0 Å². The minimum absolute atomic E-state index is 0.0561. The molecule has 1 fully saturated rings. The number of rotatable bonds is 2. The minimum Gasteiger partial charge on any atom is -0.338 e. The van der Waals surface area contributed by atoms with Crippen LogP contribution in [-0.2, 0) is 0 Å². The first-order valence-corrected chi connectivity index (χ1v) is 7.54. The molecule has 3 heteroatoms. The van der Waals surface area contributed by atoms with Gasteiger partial charge < -0.3 is 4.90 Å². The number of hydrogen-bond acceptors (Lipinski definition) is 2. The Kier molecular flexibility index (Phi) is 3.93. The zero-order chi connectivity index (χ0) is 15.5. The monoisotopic (exact) mass is 290 g/mol. The normalized spacial score (nSPS) is 17.3. The molecule has 0 aliphatic carbocycles. The summed E-state index contributed by atoms with van der Waals surface area (Å²) in [5, 5.41) is 8.82. The summed E-state index contributed by atoms with van der Waals surface area (Å²) in [6.45, 7) is 3.68. The second-order valence-electron chi connectivity index (χ2n) is 5.78. The molecule has 3 rings (SSSR count). The van der Waals surface area contributed by atoms with E-state index in [1.807, 2.05) is 11.0 Å². The quantitative estimate of drug-likeness (QED) is 0.849. The summed E-state index contributed by atoms with van der Waals surface area (Å²) in [6, 6.07) is 17.3. The van der Waals surface area contributed by atoms with Gasteiger partial charge in [-0.05, 0) is 48.7 Å². The van der Waals surface area contributed by atoms with Crippen LogP contribution in [0.1, 0.15) is 39.4 Å². The van der Waals surface area contributed by atoms with E-state index < -0.39 is 0 Å². The van der Waals surface area contributed by atoms with Crippen molar-refractivity contribution in [2.45, 2.75) is 19.3 Å². The predicted octanol–water partition coefficient (Wildman–Crippen LogP) is 3.50. The van der Waals surface area contributed by atoms with Crippen LogP contribution in [0.2, 0.25) is 0 Å². The van der Waals surface area contributed by atoms with Crippen LogP contribution in [0, 0.1) is 18.3 Å². The van der Waals surface area contributed by atoms with Gasteiger partial charge in [0, 0.05) is 24.6 Å². The third kappa shape index (κ3) is 2.73. The lowest BCUT2D eigenvalue weighted by atomic mass is 9.94. The Hall–Kier alpha value is -2.60. The average Bonchev–Trinajstić information content (AvgIpc) is 3.04. The van der Waals surface area contributed by atoms with Gasteiger partial charge in [-0.1, -0.05) is 24.3 Å². The van der Waals surface area contributed by atoms with Crippen LogP contribution in [0.15, 0.2) is 48.5 Å². The van der Waals surface area contributed by atoms with Crippen molar-refractivity contribution in [2.24, 2.45) is 0 Å². The molecule has 1 atom stereocenters. The number of hydrogen-bond donors (Lipinski definition) is 0. The second-order valence-corrected chi connectivity index (χ2v) is 5.78. The lowest BCUT2D eigenvalue weighted by Gasteiger charge is -2.17. The van der Waals surface area contributed by atoms with Gasteiger partial charge in [-0.25, -0.2) is 0 Å². The van der Waals surface area contributed by atoms with Crippen LogP contribution < -0.4 is 0 Å². The van der Waals surface area contributed by atoms with Crippen molar-refractivity contribution >= 4 is 5.91 Å². The number of amides is 1. The number of nitrogens with zero attached hydrogens (tertiary/aromatic N) is 2. The van der Waals surface area contributed by atoms with Gasteiger partial charge in [0.2, 0.25) is 0 Å². The molecule has 3 nitrogen and oxygen atoms in total. The first kappa shape index (κ1) is 14.3. The third-order valence-electron chi connectivity index (χ3n) is 4.36. The molecule has 2 aromatic rings. The largest absolute Gasteiger partial charge is 0.338 e. The Morgan fingerprint density at radius 2 is 1.91 bits per heavy atom. The van der Waals surface area contributed by atoms with Crippen LogP contribution in [0.3, 0.4) is 0 Å². The molecular weight excluding hydrogens is 272 g/mol. The summed E-state index contributed by atoms with van der Waals surface area (Å²) in [6.07, 6.45) is 1.01. The fraction of sp³-hybridized carbons (Fsp3) is 0.263. The number of carbonyl (C=O) groups is 1. The Morgan fingerprint density at radius 1 is 1.18 bits per heavy atom. The van der Waals surface area contributed by atoms with E-state index in [0.717, 1.165) is 19.5 Å². The molecule has 2 aromatic carbocycles. The van der Waals surface area contributed by atoms with E-state index in [4.69, 9.17) is 5.26 Å². The summed E-state index contributed by atoms with van der Waals surface area (Å²) in [7, 11) is 0. The van der Waals surface area contributed by atoms with Crippen molar-refractivity contribution in [3.8, 4) is 6.07 Å². The third-order valence-corrected chi connectivity index (χ3v) is 4.36. The highest BCUT2D eigenvalue weighted by atomic mass is 16.2. The van der Waals surface area contributed by atoms with Gasteiger partial charge in [0.25, 0.3) is 5.91 Å². The molecule has 1 aliphatic heterocycles. The number of nitriles is 1. The maximum absolute atomic E-state index is 12.6. The summed E-state index contributed by atoms with van der Waals surface area (Å²) in [5.74, 6) is 0.476. The predicted molar refractivity (Wildman–Crippen MR) is 85.6 cm³/mol. The van der Waals surface area contributed by atoms with Gasteiger partial charge >= 0.3 is 0 Å². The number of benzene rings is 2. The molecule has 0 aromatic heterocycles. The number of aryl methyl sites for hydroxylation is 1. The van der Waals surface area contributed by atoms with Crippen molar-refractivity contribution in [1.29, 1.82) is 5.26 Å². The van der Waals surface area contributed by atoms with Gasteiger partial charge in [-0.15, -0.1) is 0 Å². The molecule has 1 unspecified atom stereocenters. The summed E-state index contributed by atoms with van der Waals surface area (Å²) in [5.41, 5.74) is 3.87. The molecule has 0 radical (unpaired) electrons. The van der Waals surface area contributed by atoms with E-state index in [1.165, 1.54) is 11.1 Å². The van der Waals surface area contributed by atoms with Crippen molar-refractivity contribution in [3.63, 3.8) is 0 Å². The van der Waals surface area contributed by atoms with Crippen LogP contribution >= 0.6 is 0 Å². The molecule has 1 amide bonds. The van der Waals surface area contributed by atoms with E-state index in [1.54, 1.807) is 24.3 Å². The summed E-state index contributed by atoms with van der Waals surface area (Å²) < 4.78 is 0. The van der Waals surface area contributed by atoms with Crippen molar-refractivity contribution in [1.82, 2.24) is 4.90 Å². The van der Waals surface area contributed by atoms with E-state index in [2.05, 4.69) is 31.2 Å². The fourth-order valence-corrected chi connectivity index (χ4v) is 3.11. The minimum atomic E-state index is 0.0561. The molecular formula is C19H18N2O. The Morgan fingerprint density at radius 3 is 2.59 bits per heavy atom. The van der Waals surface area contributed by atoms with E-state index in [9.17, 15) is 4.79 Å². The Bertz CT molecular complexity index is 728. The highest BCUT2D eigenvalue weighted by molar-refractivity contribution is 5.94. The Balaban J connectivity index is 1.73. The first-order chi connectivity index (χ1) is 10.7. The molecule has 22 heavy (non-hydrogen) atoms. The topological polar surface area (TPSA) is 44.1 Å². The zero-order valence-electron chi connectivity index (χ0n) is 12.6. The summed E-state index contributed by atoms with van der Waals surface area (Å²) >= 11 is 0. The van der Waals surface area contributed by atoms with Crippen LogP contribution in [0.25, 0.3) is 0 Å². The lowest BCUT2D eigenvalue weighted by molar-refractivity contribution is 0.0791. The molecule has 1 heterocycles. The highest BCUT2D eigenvalue weighted by Crippen LogP contribution is 2.30.